The Bertz CT molecular complexity index is 1130. The van der Waals surface area contributed by atoms with Crippen LogP contribution in [0.1, 0.15) is 54.2 Å². The van der Waals surface area contributed by atoms with Crippen LogP contribution < -0.4 is 10.1 Å². The first kappa shape index (κ1) is 22.6. The molecule has 2 N–H and O–H groups in total. The van der Waals surface area contributed by atoms with Crippen molar-refractivity contribution in [3.63, 3.8) is 0 Å². The Kier molecular flexibility index (Phi) is 6.48. The molecule has 2 aromatic heterocycles. The van der Waals surface area contributed by atoms with Gasteiger partial charge in [0.15, 0.2) is 0 Å². The van der Waals surface area contributed by atoms with Gasteiger partial charge in [-0.05, 0) is 68.0 Å². The predicted molar refractivity (Wildman–Crippen MR) is 117 cm³/mol. The maximum atomic E-state index is 12.7. The second kappa shape index (κ2) is 9.48. The molecule has 3 aromatic rings. The molecule has 4 rings (SSSR count). The van der Waals surface area contributed by atoms with Crippen LogP contribution in [0.4, 0.5) is 13.2 Å². The number of carbonyl (C=O) groups excluding carboxylic acids is 1. The summed E-state index contributed by atoms with van der Waals surface area (Å²) in [5, 5.41) is 9.51. The zero-order valence-corrected chi connectivity index (χ0v) is 17.9. The molecule has 6 nitrogen and oxygen atoms in total. The molecule has 1 saturated carbocycles. The molecule has 1 aromatic carbocycles. The van der Waals surface area contributed by atoms with E-state index < -0.39 is 11.7 Å². The lowest BCUT2D eigenvalue weighted by Gasteiger charge is -2.26. The minimum Gasteiger partial charge on any atom is -0.439 e. The molecular formula is C24H23F3N4O2. The SMILES string of the molecule is CC(=C1CCC(NC(=O)c2ccn[nH]2)CC1)c1cccc(Oc2ccc(C(F)(F)F)cn2)c1. The van der Waals surface area contributed by atoms with Crippen LogP contribution in [0.2, 0.25) is 0 Å². The van der Waals surface area contributed by atoms with Gasteiger partial charge in [-0.3, -0.25) is 9.89 Å². The molecule has 9 heteroatoms. The van der Waals surface area contributed by atoms with Crippen molar-refractivity contribution in [2.45, 2.75) is 44.8 Å². The van der Waals surface area contributed by atoms with Crippen molar-refractivity contribution >= 4 is 11.5 Å². The van der Waals surface area contributed by atoms with E-state index in [9.17, 15) is 18.0 Å². The summed E-state index contributed by atoms with van der Waals surface area (Å²) < 4.78 is 43.8. The summed E-state index contributed by atoms with van der Waals surface area (Å²) in [4.78, 5) is 16.0. The Labute approximate surface area is 188 Å². The van der Waals surface area contributed by atoms with Crippen LogP contribution in [0.5, 0.6) is 11.6 Å². The fourth-order valence-corrected chi connectivity index (χ4v) is 3.86. The summed E-state index contributed by atoms with van der Waals surface area (Å²) in [5.41, 5.74) is 3.06. The first-order valence-corrected chi connectivity index (χ1v) is 10.6. The summed E-state index contributed by atoms with van der Waals surface area (Å²) >= 11 is 0. The van der Waals surface area contributed by atoms with Gasteiger partial charge in [0.2, 0.25) is 5.88 Å². The van der Waals surface area contributed by atoms with Crippen LogP contribution >= 0.6 is 0 Å². The third-order valence-corrected chi connectivity index (χ3v) is 5.75. The molecule has 0 atom stereocenters. The average molecular weight is 456 g/mol. The van der Waals surface area contributed by atoms with E-state index in [-0.39, 0.29) is 17.8 Å². The standard InChI is InChI=1S/C24H23F3N4O2/c1-15(16-5-8-19(9-6-16)30-23(32)21-11-12-29-31-21)17-3-2-4-20(13-17)33-22-10-7-18(14-28-22)24(25,26)27/h2-4,7,10-14,19H,5-6,8-9H2,1H3,(H,29,31)(H,30,32). The van der Waals surface area contributed by atoms with Gasteiger partial charge in [-0.25, -0.2) is 4.98 Å². The molecule has 0 spiro atoms. The molecule has 0 aliphatic heterocycles. The van der Waals surface area contributed by atoms with E-state index in [1.165, 1.54) is 11.6 Å². The van der Waals surface area contributed by atoms with Gasteiger partial charge in [0.05, 0.1) is 5.56 Å². The predicted octanol–water partition coefficient (Wildman–Crippen LogP) is 5.76. The lowest BCUT2D eigenvalue weighted by molar-refractivity contribution is -0.137. The largest absolute Gasteiger partial charge is 0.439 e. The number of ether oxygens (including phenoxy) is 1. The number of alkyl halides is 3. The number of amides is 1. The van der Waals surface area contributed by atoms with E-state index in [4.69, 9.17) is 4.74 Å². The van der Waals surface area contributed by atoms with Crippen molar-refractivity contribution in [1.82, 2.24) is 20.5 Å². The van der Waals surface area contributed by atoms with E-state index in [0.717, 1.165) is 49.1 Å². The number of pyridine rings is 1. The minimum atomic E-state index is -4.43. The van der Waals surface area contributed by atoms with Gasteiger partial charge >= 0.3 is 6.18 Å². The minimum absolute atomic E-state index is 0.0963. The zero-order valence-electron chi connectivity index (χ0n) is 17.9. The number of allylic oxidation sites excluding steroid dienone is 2. The highest BCUT2D eigenvalue weighted by Gasteiger charge is 2.30. The fraction of sp³-hybridized carbons (Fsp3) is 0.292. The van der Waals surface area contributed by atoms with E-state index in [0.29, 0.717) is 11.4 Å². The lowest BCUT2D eigenvalue weighted by atomic mass is 9.86. The molecule has 0 saturated heterocycles. The third-order valence-electron chi connectivity index (χ3n) is 5.75. The van der Waals surface area contributed by atoms with Crippen LogP contribution in [0.25, 0.3) is 5.57 Å². The molecule has 1 aliphatic rings. The average Bonchev–Trinajstić information content (AvgIpc) is 3.34. The van der Waals surface area contributed by atoms with Gasteiger partial charge < -0.3 is 10.1 Å². The van der Waals surface area contributed by atoms with Crippen LogP contribution in [-0.4, -0.2) is 27.1 Å². The maximum absolute atomic E-state index is 12.7. The number of aromatic nitrogens is 3. The summed E-state index contributed by atoms with van der Waals surface area (Å²) in [6.07, 6.45) is 1.30. The van der Waals surface area contributed by atoms with Gasteiger partial charge in [0, 0.05) is 24.5 Å². The number of nitrogens with one attached hydrogen (secondary N) is 2. The molecule has 0 bridgehead atoms. The fourth-order valence-electron chi connectivity index (χ4n) is 3.86. The van der Waals surface area contributed by atoms with E-state index in [1.54, 1.807) is 18.3 Å². The smallest absolute Gasteiger partial charge is 0.417 e. The van der Waals surface area contributed by atoms with Crippen molar-refractivity contribution in [1.29, 1.82) is 0 Å². The lowest BCUT2D eigenvalue weighted by Crippen LogP contribution is -2.36. The molecule has 1 amide bonds. The van der Waals surface area contributed by atoms with Crippen molar-refractivity contribution in [2.24, 2.45) is 0 Å². The van der Waals surface area contributed by atoms with Gasteiger partial charge in [-0.1, -0.05) is 17.7 Å². The number of H-pyrrole nitrogens is 1. The highest BCUT2D eigenvalue weighted by Crippen LogP contribution is 2.33. The maximum Gasteiger partial charge on any atom is 0.417 e. The summed E-state index contributed by atoms with van der Waals surface area (Å²) in [6.45, 7) is 2.05. The normalized spacial score (nSPS) is 16.4. The van der Waals surface area contributed by atoms with Gasteiger partial charge in [0.1, 0.15) is 11.4 Å². The third kappa shape index (κ3) is 5.60. The van der Waals surface area contributed by atoms with Crippen molar-refractivity contribution < 1.29 is 22.7 Å². The Balaban J connectivity index is 1.39. The number of carbonyl (C=O) groups is 1. The quantitative estimate of drug-likeness (QED) is 0.511. The highest BCUT2D eigenvalue weighted by molar-refractivity contribution is 5.92. The number of hydrogen-bond acceptors (Lipinski definition) is 4. The zero-order chi connectivity index (χ0) is 23.4. The Morgan fingerprint density at radius 1 is 1.15 bits per heavy atom. The number of rotatable bonds is 5. The number of aromatic amines is 1. The topological polar surface area (TPSA) is 79.9 Å². The summed E-state index contributed by atoms with van der Waals surface area (Å²) in [7, 11) is 0. The summed E-state index contributed by atoms with van der Waals surface area (Å²) in [5.74, 6) is 0.447. The first-order chi connectivity index (χ1) is 15.8. The number of halogens is 3. The Morgan fingerprint density at radius 3 is 2.58 bits per heavy atom. The van der Waals surface area contributed by atoms with E-state index in [1.807, 2.05) is 25.1 Å². The van der Waals surface area contributed by atoms with Gasteiger partial charge in [-0.15, -0.1) is 0 Å². The molecule has 1 fully saturated rings. The van der Waals surface area contributed by atoms with Crippen LogP contribution in [0.15, 0.2) is 60.4 Å². The number of hydrogen-bond donors (Lipinski definition) is 2. The van der Waals surface area contributed by atoms with Crippen LogP contribution in [-0.2, 0) is 6.18 Å². The Morgan fingerprint density at radius 2 is 1.94 bits per heavy atom. The number of benzene rings is 1. The van der Waals surface area contributed by atoms with Gasteiger partial charge in [-0.2, -0.15) is 18.3 Å². The van der Waals surface area contributed by atoms with Crippen LogP contribution in [0.3, 0.4) is 0 Å². The van der Waals surface area contributed by atoms with Gasteiger partial charge in [0.25, 0.3) is 5.91 Å². The van der Waals surface area contributed by atoms with Crippen molar-refractivity contribution in [3.05, 3.63) is 77.3 Å². The second-order valence-corrected chi connectivity index (χ2v) is 7.96. The molecule has 172 valence electrons. The number of nitrogens with zero attached hydrogens (tertiary/aromatic N) is 2. The molecule has 0 unspecified atom stereocenters. The van der Waals surface area contributed by atoms with E-state index in [2.05, 4.69) is 20.5 Å². The molecule has 2 heterocycles. The summed E-state index contributed by atoms with van der Waals surface area (Å²) in [6, 6.07) is 11.3. The van der Waals surface area contributed by atoms with Crippen molar-refractivity contribution in [2.75, 3.05) is 0 Å². The molecule has 1 aliphatic carbocycles. The van der Waals surface area contributed by atoms with Crippen molar-refractivity contribution in [3.8, 4) is 11.6 Å². The first-order valence-electron chi connectivity index (χ1n) is 10.6. The molecule has 33 heavy (non-hydrogen) atoms. The Hall–Kier alpha value is -3.62. The second-order valence-electron chi connectivity index (χ2n) is 7.96. The van der Waals surface area contributed by atoms with Crippen LogP contribution in [0, 0.1) is 0 Å². The molecular weight excluding hydrogens is 433 g/mol. The molecule has 0 radical (unpaired) electrons. The monoisotopic (exact) mass is 456 g/mol. The van der Waals surface area contributed by atoms with E-state index >= 15 is 0 Å². The highest BCUT2D eigenvalue weighted by atomic mass is 19.4.